The van der Waals surface area contributed by atoms with Gasteiger partial charge in [-0.25, -0.2) is 9.07 Å². The number of nitrogens with zero attached hydrogens (tertiary/aromatic N) is 2. The van der Waals surface area contributed by atoms with E-state index in [1.165, 1.54) is 12.1 Å². The van der Waals surface area contributed by atoms with Crippen molar-refractivity contribution in [1.29, 1.82) is 0 Å². The summed E-state index contributed by atoms with van der Waals surface area (Å²) in [6, 6.07) is 7.78. The number of hydrogen-bond acceptors (Lipinski definition) is 4. The molecule has 2 aromatic heterocycles. The Hall–Kier alpha value is -2.54. The van der Waals surface area contributed by atoms with Crippen LogP contribution in [-0.4, -0.2) is 15.7 Å². The number of anilines is 1. The molecule has 1 aromatic carbocycles. The zero-order chi connectivity index (χ0) is 17.6. The number of rotatable bonds is 3. The topological polar surface area (TPSA) is 60.1 Å². The number of amides is 1. The van der Waals surface area contributed by atoms with Crippen LogP contribution in [-0.2, 0) is 11.5 Å². The maximum absolute atomic E-state index is 13.2. The van der Waals surface area contributed by atoms with E-state index in [0.29, 0.717) is 28.6 Å². The normalized spacial score (nSPS) is 13.1. The standard InChI is InChI=1S/C18H16FN3O2S/c1-10-7-14(11(2)24-10)18(23)20-17-15-8-25-9-16(15)21-22(17)13-5-3-12(19)4-6-13/h3-7H,8-9H2,1-2H3,(H,20,23). The Morgan fingerprint density at radius 3 is 2.72 bits per heavy atom. The molecule has 0 bridgehead atoms. The highest BCUT2D eigenvalue weighted by Crippen LogP contribution is 2.36. The fourth-order valence-electron chi connectivity index (χ4n) is 2.94. The largest absolute Gasteiger partial charge is 0.466 e. The molecular formula is C18H16FN3O2S. The van der Waals surface area contributed by atoms with Gasteiger partial charge in [0.2, 0.25) is 0 Å². The summed E-state index contributed by atoms with van der Waals surface area (Å²) in [5.41, 5.74) is 3.17. The highest BCUT2D eigenvalue weighted by Gasteiger charge is 2.26. The quantitative estimate of drug-likeness (QED) is 0.762. The third-order valence-corrected chi connectivity index (χ3v) is 5.11. The van der Waals surface area contributed by atoms with E-state index >= 15 is 0 Å². The summed E-state index contributed by atoms with van der Waals surface area (Å²) >= 11 is 1.75. The zero-order valence-electron chi connectivity index (χ0n) is 13.8. The van der Waals surface area contributed by atoms with Crippen LogP contribution in [0.25, 0.3) is 5.69 Å². The number of carbonyl (C=O) groups is 1. The lowest BCUT2D eigenvalue weighted by Crippen LogP contribution is -2.16. The number of benzene rings is 1. The number of furan rings is 1. The van der Waals surface area contributed by atoms with Gasteiger partial charge in [0.05, 0.1) is 16.9 Å². The van der Waals surface area contributed by atoms with Gasteiger partial charge in [0, 0.05) is 17.1 Å². The number of aryl methyl sites for hydroxylation is 2. The molecule has 0 unspecified atom stereocenters. The van der Waals surface area contributed by atoms with E-state index in [-0.39, 0.29) is 11.7 Å². The summed E-state index contributed by atoms with van der Waals surface area (Å²) in [6.07, 6.45) is 0. The summed E-state index contributed by atoms with van der Waals surface area (Å²) in [7, 11) is 0. The Balaban J connectivity index is 1.74. The van der Waals surface area contributed by atoms with Crippen molar-refractivity contribution in [3.05, 3.63) is 64.5 Å². The zero-order valence-corrected chi connectivity index (χ0v) is 14.6. The van der Waals surface area contributed by atoms with Crippen LogP contribution in [0.5, 0.6) is 0 Å². The maximum Gasteiger partial charge on any atom is 0.260 e. The molecule has 0 atom stereocenters. The minimum Gasteiger partial charge on any atom is -0.466 e. The van der Waals surface area contributed by atoms with E-state index in [4.69, 9.17) is 4.42 Å². The van der Waals surface area contributed by atoms with E-state index in [1.807, 2.05) is 0 Å². The molecule has 0 aliphatic carbocycles. The third kappa shape index (κ3) is 2.84. The molecule has 3 aromatic rings. The van der Waals surface area contributed by atoms with Crippen LogP contribution in [0, 0.1) is 19.7 Å². The molecule has 128 valence electrons. The number of thioether (sulfide) groups is 1. The second-order valence-electron chi connectivity index (χ2n) is 5.94. The molecule has 3 heterocycles. The first-order valence-corrected chi connectivity index (χ1v) is 9.01. The predicted molar refractivity (Wildman–Crippen MR) is 94.7 cm³/mol. The van der Waals surface area contributed by atoms with Crippen molar-refractivity contribution in [3.8, 4) is 5.69 Å². The third-order valence-electron chi connectivity index (χ3n) is 4.14. The molecule has 0 spiro atoms. The molecule has 0 radical (unpaired) electrons. The Bertz CT molecular complexity index is 960. The summed E-state index contributed by atoms with van der Waals surface area (Å²) in [5, 5.41) is 7.57. The lowest BCUT2D eigenvalue weighted by atomic mass is 10.2. The summed E-state index contributed by atoms with van der Waals surface area (Å²) in [5.74, 6) is 2.94. The molecule has 25 heavy (non-hydrogen) atoms. The van der Waals surface area contributed by atoms with Gasteiger partial charge in [-0.2, -0.15) is 16.9 Å². The van der Waals surface area contributed by atoms with Gasteiger partial charge in [-0.05, 0) is 44.2 Å². The number of carbonyl (C=O) groups excluding carboxylic acids is 1. The molecule has 1 amide bonds. The number of hydrogen-bond donors (Lipinski definition) is 1. The molecule has 1 aliphatic rings. The van der Waals surface area contributed by atoms with Gasteiger partial charge in [-0.3, -0.25) is 4.79 Å². The van der Waals surface area contributed by atoms with E-state index in [9.17, 15) is 9.18 Å². The predicted octanol–water partition coefficient (Wildman–Crippen LogP) is 4.22. The van der Waals surface area contributed by atoms with Crippen LogP contribution >= 0.6 is 11.8 Å². The minimum absolute atomic E-state index is 0.239. The van der Waals surface area contributed by atoms with Gasteiger partial charge in [0.1, 0.15) is 23.2 Å². The molecule has 1 aliphatic heterocycles. The van der Waals surface area contributed by atoms with Crippen LogP contribution in [0.2, 0.25) is 0 Å². The van der Waals surface area contributed by atoms with Gasteiger partial charge < -0.3 is 9.73 Å². The molecule has 4 rings (SSSR count). The van der Waals surface area contributed by atoms with Crippen LogP contribution in [0.4, 0.5) is 10.2 Å². The molecule has 0 saturated heterocycles. The van der Waals surface area contributed by atoms with Gasteiger partial charge in [0.25, 0.3) is 5.91 Å². The highest BCUT2D eigenvalue weighted by atomic mass is 32.2. The smallest absolute Gasteiger partial charge is 0.260 e. The maximum atomic E-state index is 13.2. The van der Waals surface area contributed by atoms with Crippen LogP contribution in [0.1, 0.15) is 33.1 Å². The minimum atomic E-state index is -0.311. The van der Waals surface area contributed by atoms with Crippen LogP contribution in [0.3, 0.4) is 0 Å². The molecule has 5 nitrogen and oxygen atoms in total. The average Bonchev–Trinajstić information content (AvgIpc) is 3.24. The van der Waals surface area contributed by atoms with Crippen molar-refractivity contribution in [3.63, 3.8) is 0 Å². The molecule has 1 N–H and O–H groups in total. The van der Waals surface area contributed by atoms with Gasteiger partial charge >= 0.3 is 0 Å². The van der Waals surface area contributed by atoms with Gasteiger partial charge in [-0.15, -0.1) is 0 Å². The van der Waals surface area contributed by atoms with Crippen molar-refractivity contribution in [1.82, 2.24) is 9.78 Å². The van der Waals surface area contributed by atoms with Crippen molar-refractivity contribution in [2.24, 2.45) is 0 Å². The average molecular weight is 357 g/mol. The molecular weight excluding hydrogens is 341 g/mol. The van der Waals surface area contributed by atoms with E-state index < -0.39 is 0 Å². The lowest BCUT2D eigenvalue weighted by molar-refractivity contribution is 0.102. The highest BCUT2D eigenvalue weighted by molar-refractivity contribution is 7.98. The Morgan fingerprint density at radius 2 is 2.04 bits per heavy atom. The van der Waals surface area contributed by atoms with Gasteiger partial charge in [0.15, 0.2) is 0 Å². The Morgan fingerprint density at radius 1 is 1.28 bits per heavy atom. The first-order valence-electron chi connectivity index (χ1n) is 7.86. The second-order valence-corrected chi connectivity index (χ2v) is 6.92. The van der Waals surface area contributed by atoms with Crippen LogP contribution in [0.15, 0.2) is 34.7 Å². The van der Waals surface area contributed by atoms with Crippen molar-refractivity contribution in [2.45, 2.75) is 25.4 Å². The van der Waals surface area contributed by atoms with Gasteiger partial charge in [-0.1, -0.05) is 0 Å². The summed E-state index contributed by atoms with van der Waals surface area (Å²) < 4.78 is 20.3. The SMILES string of the molecule is Cc1cc(C(=O)Nc2c3c(nn2-c2ccc(F)cc2)CSC3)c(C)o1. The summed E-state index contributed by atoms with van der Waals surface area (Å²) in [6.45, 7) is 3.57. The first kappa shape index (κ1) is 16.0. The second kappa shape index (κ2) is 6.07. The van der Waals surface area contributed by atoms with Crippen LogP contribution < -0.4 is 5.32 Å². The monoisotopic (exact) mass is 357 g/mol. The van der Waals surface area contributed by atoms with E-state index in [0.717, 1.165) is 22.8 Å². The Kier molecular flexibility index (Phi) is 3.88. The molecule has 7 heteroatoms. The van der Waals surface area contributed by atoms with E-state index in [2.05, 4.69) is 10.4 Å². The first-order chi connectivity index (χ1) is 12.0. The summed E-state index contributed by atoms with van der Waals surface area (Å²) in [4.78, 5) is 12.7. The number of aromatic nitrogens is 2. The number of nitrogens with one attached hydrogen (secondary N) is 1. The van der Waals surface area contributed by atoms with E-state index in [1.54, 1.807) is 48.5 Å². The fraction of sp³-hybridized carbons (Fsp3) is 0.222. The fourth-order valence-corrected chi connectivity index (χ4v) is 3.98. The molecule has 0 saturated carbocycles. The van der Waals surface area contributed by atoms with Crippen molar-refractivity contribution in [2.75, 3.05) is 5.32 Å². The van der Waals surface area contributed by atoms with Crippen molar-refractivity contribution >= 4 is 23.5 Å². The lowest BCUT2D eigenvalue weighted by Gasteiger charge is -2.10. The Labute approximate surface area is 148 Å². The molecule has 0 fully saturated rings. The van der Waals surface area contributed by atoms with Crippen molar-refractivity contribution < 1.29 is 13.6 Å². The number of halogens is 1. The number of fused-ring (bicyclic) bond motifs is 1.